The number of rotatable bonds is 3. The molecule has 0 unspecified atom stereocenters. The lowest BCUT2D eigenvalue weighted by molar-refractivity contribution is 0.465. The molecule has 4 nitrogen and oxygen atoms in total. The molecule has 0 aliphatic carbocycles. The molecule has 0 atom stereocenters. The van der Waals surface area contributed by atoms with Crippen LogP contribution in [-0.2, 0) is 22.3 Å². The second kappa shape index (κ2) is 4.51. The Morgan fingerprint density at radius 3 is 2.16 bits per heavy atom. The summed E-state index contributed by atoms with van der Waals surface area (Å²) in [6.07, 6.45) is 0.391. The normalized spacial score (nSPS) is 15.2. The molecule has 0 radical (unpaired) electrons. The van der Waals surface area contributed by atoms with Crippen molar-refractivity contribution in [2.75, 3.05) is 10.6 Å². The standard InChI is InChI=1S/C14H12N2O2S/c17-13-8-4-1-5-10(13)9-14(19-18)15-11-6-2-3-7-12(11)16-14/h1-8,15-16H,9H2/p+1. The van der Waals surface area contributed by atoms with E-state index in [-0.39, 0.29) is 5.75 Å². The van der Waals surface area contributed by atoms with E-state index in [1.807, 2.05) is 36.4 Å². The predicted molar refractivity (Wildman–Crippen MR) is 76.3 cm³/mol. The summed E-state index contributed by atoms with van der Waals surface area (Å²) in [7, 11) is 0. The van der Waals surface area contributed by atoms with Crippen molar-refractivity contribution >= 4 is 23.0 Å². The summed E-state index contributed by atoms with van der Waals surface area (Å²) in [4.78, 5) is -0.859. The fourth-order valence-electron chi connectivity index (χ4n) is 2.26. The molecule has 5 heteroatoms. The average Bonchev–Trinajstić information content (AvgIpc) is 2.80. The number of phenols is 1. The highest BCUT2D eigenvalue weighted by Crippen LogP contribution is 2.36. The summed E-state index contributed by atoms with van der Waals surface area (Å²) < 4.78 is 11.5. The summed E-state index contributed by atoms with van der Waals surface area (Å²) in [5.74, 6) is 0.204. The van der Waals surface area contributed by atoms with Crippen LogP contribution < -0.4 is 10.6 Å². The Labute approximate surface area is 115 Å². The van der Waals surface area contributed by atoms with Crippen molar-refractivity contribution in [2.24, 2.45) is 0 Å². The number of hydrogen-bond acceptors (Lipinski definition) is 4. The molecule has 0 bridgehead atoms. The Bertz CT molecular complexity index is 605. The highest BCUT2D eigenvalue weighted by Gasteiger charge is 2.50. The zero-order valence-corrected chi connectivity index (χ0v) is 10.9. The van der Waals surface area contributed by atoms with Crippen molar-refractivity contribution in [3.8, 4) is 5.75 Å². The van der Waals surface area contributed by atoms with Crippen LogP contribution in [0.1, 0.15) is 5.56 Å². The maximum absolute atomic E-state index is 11.5. The van der Waals surface area contributed by atoms with E-state index in [0.717, 1.165) is 16.9 Å². The van der Waals surface area contributed by atoms with Gasteiger partial charge in [0.05, 0.1) is 17.8 Å². The fourth-order valence-corrected chi connectivity index (χ4v) is 2.77. The molecule has 1 heterocycles. The average molecular weight is 273 g/mol. The summed E-state index contributed by atoms with van der Waals surface area (Å²) in [5.41, 5.74) is 2.54. The molecule has 1 aliphatic rings. The molecule has 1 aliphatic heterocycles. The van der Waals surface area contributed by atoms with E-state index in [9.17, 15) is 9.32 Å². The number of para-hydroxylation sites is 3. The van der Waals surface area contributed by atoms with Gasteiger partial charge >= 0.3 is 16.7 Å². The minimum absolute atomic E-state index is 0.204. The lowest BCUT2D eigenvalue weighted by atomic mass is 10.1. The monoisotopic (exact) mass is 273 g/mol. The van der Waals surface area contributed by atoms with E-state index in [2.05, 4.69) is 10.6 Å². The summed E-state index contributed by atoms with van der Waals surface area (Å²) in [5, 5.41) is 16.2. The van der Waals surface area contributed by atoms with Gasteiger partial charge in [-0.05, 0) is 18.2 Å². The number of phenolic OH excluding ortho intramolecular Hbond substituents is 1. The van der Waals surface area contributed by atoms with E-state index < -0.39 is 4.99 Å². The Balaban J connectivity index is 1.91. The zero-order chi connectivity index (χ0) is 13.3. The summed E-state index contributed by atoms with van der Waals surface area (Å²) >= 11 is 0.457. The molecule has 0 amide bonds. The van der Waals surface area contributed by atoms with Gasteiger partial charge in [-0.2, -0.15) is 0 Å². The van der Waals surface area contributed by atoms with Gasteiger partial charge in [-0.25, -0.2) is 0 Å². The highest BCUT2D eigenvalue weighted by atomic mass is 32.1. The van der Waals surface area contributed by atoms with Gasteiger partial charge in [0, 0.05) is 9.77 Å². The number of anilines is 2. The molecule has 0 aromatic heterocycles. The first-order valence-corrected chi connectivity index (χ1v) is 6.70. The lowest BCUT2D eigenvalue weighted by Crippen LogP contribution is -2.43. The third kappa shape index (κ3) is 2.13. The van der Waals surface area contributed by atoms with Crippen LogP contribution in [0.3, 0.4) is 0 Å². The molecule has 19 heavy (non-hydrogen) atoms. The van der Waals surface area contributed by atoms with Gasteiger partial charge in [-0.1, -0.05) is 30.3 Å². The second-order valence-electron chi connectivity index (χ2n) is 4.51. The number of aromatic hydroxyl groups is 1. The summed E-state index contributed by atoms with van der Waals surface area (Å²) in [6, 6.07) is 14.7. The van der Waals surface area contributed by atoms with Crippen molar-refractivity contribution in [1.82, 2.24) is 0 Å². The van der Waals surface area contributed by atoms with Crippen molar-refractivity contribution in [3.63, 3.8) is 0 Å². The molecule has 96 valence electrons. The number of nitrogens with one attached hydrogen (secondary N) is 2. The van der Waals surface area contributed by atoms with Gasteiger partial charge in [-0.3, -0.25) is 0 Å². The van der Waals surface area contributed by atoms with Gasteiger partial charge in [0.15, 0.2) is 0 Å². The van der Waals surface area contributed by atoms with Gasteiger partial charge in [0.2, 0.25) is 0 Å². The van der Waals surface area contributed by atoms with Crippen molar-refractivity contribution in [3.05, 3.63) is 54.1 Å². The van der Waals surface area contributed by atoms with E-state index in [4.69, 9.17) is 0 Å². The summed E-state index contributed by atoms with van der Waals surface area (Å²) in [6.45, 7) is 0. The van der Waals surface area contributed by atoms with Crippen LogP contribution in [0.2, 0.25) is 0 Å². The molecule has 3 rings (SSSR count). The van der Waals surface area contributed by atoms with Gasteiger partial charge in [0.25, 0.3) is 0 Å². The number of benzene rings is 2. The molecule has 0 saturated heterocycles. The van der Waals surface area contributed by atoms with Crippen LogP contribution in [0.15, 0.2) is 48.5 Å². The predicted octanol–water partition coefficient (Wildman–Crippen LogP) is 2.55. The Kier molecular flexibility index (Phi) is 2.83. The van der Waals surface area contributed by atoms with E-state index >= 15 is 0 Å². The number of fused-ring (bicyclic) bond motifs is 1. The first-order valence-electron chi connectivity index (χ1n) is 5.96. The SMILES string of the molecule is O=[S+]C1(Cc2ccccc2O)Nc2ccccc2N1. The molecule has 2 aromatic carbocycles. The first kappa shape index (κ1) is 11.9. The minimum Gasteiger partial charge on any atom is -0.508 e. The zero-order valence-electron chi connectivity index (χ0n) is 10.1. The smallest absolute Gasteiger partial charge is 0.508 e. The largest absolute Gasteiger partial charge is 0.514 e. The van der Waals surface area contributed by atoms with Crippen LogP contribution in [0.4, 0.5) is 11.4 Å². The third-order valence-corrected chi connectivity index (χ3v) is 3.81. The third-order valence-electron chi connectivity index (χ3n) is 3.17. The Morgan fingerprint density at radius 2 is 1.58 bits per heavy atom. The van der Waals surface area contributed by atoms with E-state index in [1.54, 1.807) is 12.1 Å². The molecular weight excluding hydrogens is 260 g/mol. The molecule has 0 spiro atoms. The first-order chi connectivity index (χ1) is 9.22. The quantitative estimate of drug-likeness (QED) is 0.752. The molecule has 3 N–H and O–H groups in total. The van der Waals surface area contributed by atoms with Crippen LogP contribution in [0.5, 0.6) is 5.75 Å². The number of hydrogen-bond donors (Lipinski definition) is 3. The van der Waals surface area contributed by atoms with Gasteiger partial charge < -0.3 is 15.7 Å². The van der Waals surface area contributed by atoms with Crippen LogP contribution in [0.25, 0.3) is 0 Å². The van der Waals surface area contributed by atoms with Crippen molar-refractivity contribution in [2.45, 2.75) is 11.4 Å². The van der Waals surface area contributed by atoms with Gasteiger partial charge in [-0.15, -0.1) is 0 Å². The molecule has 2 aromatic rings. The lowest BCUT2D eigenvalue weighted by Gasteiger charge is -2.13. The van der Waals surface area contributed by atoms with Crippen molar-refractivity contribution < 1.29 is 9.32 Å². The van der Waals surface area contributed by atoms with Crippen LogP contribution in [-0.4, -0.2) is 10.1 Å². The molecular formula is C14H13N2O2S+. The van der Waals surface area contributed by atoms with E-state index in [1.165, 1.54) is 0 Å². The fraction of sp³-hybridized carbons (Fsp3) is 0.143. The Morgan fingerprint density at radius 1 is 1.00 bits per heavy atom. The molecule has 0 saturated carbocycles. The van der Waals surface area contributed by atoms with Crippen LogP contribution >= 0.6 is 0 Å². The Hall–Kier alpha value is -2.14. The minimum atomic E-state index is -0.859. The van der Waals surface area contributed by atoms with E-state index in [0.29, 0.717) is 18.1 Å². The molecule has 0 fully saturated rings. The topological polar surface area (TPSA) is 61.4 Å². The maximum Gasteiger partial charge on any atom is 0.514 e. The maximum atomic E-state index is 11.5. The highest BCUT2D eigenvalue weighted by molar-refractivity contribution is 7.67. The second-order valence-corrected chi connectivity index (χ2v) is 5.38. The van der Waals surface area contributed by atoms with Gasteiger partial charge in [0.1, 0.15) is 5.75 Å². The van der Waals surface area contributed by atoms with Crippen LogP contribution in [0, 0.1) is 0 Å². The van der Waals surface area contributed by atoms with Crippen molar-refractivity contribution in [1.29, 1.82) is 0 Å².